The molecule has 0 bridgehead atoms. The average Bonchev–Trinajstić information content (AvgIpc) is 2.15. The van der Waals surface area contributed by atoms with Crippen molar-refractivity contribution >= 4 is 11.0 Å². The second kappa shape index (κ2) is 3.70. The predicted molar refractivity (Wildman–Crippen MR) is 51.8 cm³/mol. The number of hydrogen-bond donors (Lipinski definition) is 0. The molecule has 0 spiro atoms. The lowest BCUT2D eigenvalue weighted by molar-refractivity contribution is -0.127. The molecule has 0 aliphatic heterocycles. The van der Waals surface area contributed by atoms with E-state index in [-0.39, 0.29) is 5.69 Å². The summed E-state index contributed by atoms with van der Waals surface area (Å²) in [6.07, 6.45) is -3.99. The largest absolute Gasteiger partial charge is 0.394 e. The molecule has 0 atom stereocenters. The molecule has 0 aromatic carbocycles. The molecule has 2 heterocycles. The van der Waals surface area contributed by atoms with Crippen molar-refractivity contribution in [2.24, 2.45) is 0 Å². The van der Waals surface area contributed by atoms with Crippen LogP contribution in [0.15, 0.2) is 18.5 Å². The quantitative estimate of drug-likeness (QED) is 0.751. The number of alkyl halides is 3. The highest BCUT2D eigenvalue weighted by molar-refractivity contribution is 5.76. The highest BCUT2D eigenvalue weighted by Gasteiger charge is 2.28. The predicted octanol–water partition coefficient (Wildman–Crippen LogP) is 2.44. The molecule has 16 heavy (non-hydrogen) atoms. The van der Waals surface area contributed by atoms with Crippen molar-refractivity contribution in [3.8, 4) is 0 Å². The van der Waals surface area contributed by atoms with E-state index in [1.165, 1.54) is 12.4 Å². The zero-order valence-corrected chi connectivity index (χ0v) is 8.41. The molecule has 0 unspecified atom stereocenters. The topological polar surface area (TPSA) is 38.7 Å². The van der Waals surface area contributed by atoms with Crippen LogP contribution >= 0.6 is 0 Å². The first kappa shape index (κ1) is 10.8. The first-order valence-electron chi connectivity index (χ1n) is 4.60. The molecule has 0 fully saturated rings. The van der Waals surface area contributed by atoms with E-state index in [9.17, 15) is 13.2 Å². The van der Waals surface area contributed by atoms with Gasteiger partial charge in [0.1, 0.15) is 6.33 Å². The van der Waals surface area contributed by atoms with Crippen LogP contribution in [0.5, 0.6) is 0 Å². The second-order valence-corrected chi connectivity index (χ2v) is 3.42. The van der Waals surface area contributed by atoms with Crippen LogP contribution in [0.3, 0.4) is 0 Å². The van der Waals surface area contributed by atoms with Crippen molar-refractivity contribution < 1.29 is 13.2 Å². The average molecular weight is 227 g/mol. The molecule has 2 rings (SSSR count). The molecule has 0 saturated carbocycles. The van der Waals surface area contributed by atoms with Gasteiger partial charge in [0.25, 0.3) is 0 Å². The van der Waals surface area contributed by atoms with Crippen molar-refractivity contribution in [1.29, 1.82) is 0 Å². The van der Waals surface area contributed by atoms with Gasteiger partial charge in [0.15, 0.2) is 5.65 Å². The summed E-state index contributed by atoms with van der Waals surface area (Å²) in [5.74, 6) is 0. The fourth-order valence-corrected chi connectivity index (χ4v) is 1.41. The maximum absolute atomic E-state index is 12.1. The van der Waals surface area contributed by atoms with E-state index in [1.807, 2.05) is 0 Å². The van der Waals surface area contributed by atoms with Crippen molar-refractivity contribution in [2.45, 2.75) is 19.5 Å². The number of aryl methyl sites for hydroxylation is 1. The molecule has 3 nitrogen and oxygen atoms in total. The monoisotopic (exact) mass is 227 g/mol. The van der Waals surface area contributed by atoms with E-state index in [2.05, 4.69) is 15.0 Å². The molecule has 0 aliphatic rings. The summed E-state index contributed by atoms with van der Waals surface area (Å²) in [4.78, 5) is 11.6. The highest BCUT2D eigenvalue weighted by Crippen LogP contribution is 2.21. The smallest absolute Gasteiger partial charge is 0.241 e. The Kier molecular flexibility index (Phi) is 2.49. The van der Waals surface area contributed by atoms with E-state index < -0.39 is 12.6 Å². The van der Waals surface area contributed by atoms with Crippen LogP contribution in [-0.4, -0.2) is 21.1 Å². The van der Waals surface area contributed by atoms with Gasteiger partial charge in [-0.15, -0.1) is 0 Å². The van der Waals surface area contributed by atoms with Crippen LogP contribution < -0.4 is 0 Å². The van der Waals surface area contributed by atoms with Gasteiger partial charge in [0.05, 0.1) is 17.8 Å². The van der Waals surface area contributed by atoms with E-state index in [4.69, 9.17) is 0 Å². The third kappa shape index (κ3) is 2.26. The molecule has 0 N–H and O–H groups in total. The molecule has 2 aromatic rings. The number of hydrogen-bond acceptors (Lipinski definition) is 3. The Labute approximate surface area is 89.4 Å². The summed E-state index contributed by atoms with van der Waals surface area (Å²) in [7, 11) is 0. The van der Waals surface area contributed by atoms with Crippen LogP contribution in [0, 0.1) is 6.92 Å². The second-order valence-electron chi connectivity index (χ2n) is 3.42. The summed E-state index contributed by atoms with van der Waals surface area (Å²) in [6.45, 7) is 1.76. The molecular formula is C10H8F3N3. The van der Waals surface area contributed by atoms with Crippen LogP contribution in [-0.2, 0) is 6.42 Å². The van der Waals surface area contributed by atoms with E-state index >= 15 is 0 Å². The fraction of sp³-hybridized carbons (Fsp3) is 0.300. The summed E-state index contributed by atoms with van der Waals surface area (Å²) in [5, 5.41) is 0.674. The first-order chi connectivity index (χ1) is 7.46. The number of aromatic nitrogens is 3. The van der Waals surface area contributed by atoms with Gasteiger partial charge in [0.2, 0.25) is 0 Å². The van der Waals surface area contributed by atoms with Gasteiger partial charge in [-0.3, -0.25) is 0 Å². The first-order valence-corrected chi connectivity index (χ1v) is 4.60. The van der Waals surface area contributed by atoms with Gasteiger partial charge in [-0.2, -0.15) is 13.2 Å². The summed E-state index contributed by atoms with van der Waals surface area (Å²) < 4.78 is 36.4. The summed E-state index contributed by atoms with van der Waals surface area (Å²) in [6, 6.07) is 2.92. The lowest BCUT2D eigenvalue weighted by Gasteiger charge is -2.06. The van der Waals surface area contributed by atoms with Crippen LogP contribution in [0.25, 0.3) is 11.0 Å². The summed E-state index contributed by atoms with van der Waals surface area (Å²) in [5.41, 5.74) is 0.975. The number of halogens is 3. The van der Waals surface area contributed by atoms with Crippen molar-refractivity contribution in [1.82, 2.24) is 15.0 Å². The molecule has 2 aromatic heterocycles. The minimum atomic E-state index is -4.25. The molecule has 6 heteroatoms. The lowest BCUT2D eigenvalue weighted by Crippen LogP contribution is -2.12. The van der Waals surface area contributed by atoms with Gasteiger partial charge in [-0.05, 0) is 19.1 Å². The molecule has 0 aliphatic carbocycles. The number of nitrogens with zero attached hydrogens (tertiary/aromatic N) is 3. The summed E-state index contributed by atoms with van der Waals surface area (Å²) >= 11 is 0. The Morgan fingerprint density at radius 2 is 1.94 bits per heavy atom. The van der Waals surface area contributed by atoms with E-state index in [0.717, 1.165) is 0 Å². The van der Waals surface area contributed by atoms with Crippen molar-refractivity contribution in [3.05, 3.63) is 29.8 Å². The molecule has 84 valence electrons. The maximum atomic E-state index is 12.1. The van der Waals surface area contributed by atoms with Crippen LogP contribution in [0.1, 0.15) is 11.4 Å². The van der Waals surface area contributed by atoms with E-state index in [0.29, 0.717) is 16.7 Å². The Morgan fingerprint density at radius 3 is 2.62 bits per heavy atom. The normalized spacial score (nSPS) is 12.0. The van der Waals surface area contributed by atoms with Gasteiger partial charge in [-0.1, -0.05) is 0 Å². The Bertz CT molecular complexity index is 522. The standard InChI is InChI=1S/C10H8F3N3/c1-6-8-3-2-7(4-10(11,12)13)16-9(8)15-5-14-6/h2-3,5H,4H2,1H3. The Balaban J connectivity index is 2.45. The van der Waals surface area contributed by atoms with Gasteiger partial charge in [-0.25, -0.2) is 15.0 Å². The number of fused-ring (bicyclic) bond motifs is 1. The highest BCUT2D eigenvalue weighted by atomic mass is 19.4. The maximum Gasteiger partial charge on any atom is 0.394 e. The van der Waals surface area contributed by atoms with Gasteiger partial charge < -0.3 is 0 Å². The van der Waals surface area contributed by atoms with Crippen LogP contribution in [0.2, 0.25) is 0 Å². The third-order valence-electron chi connectivity index (χ3n) is 2.14. The zero-order valence-electron chi connectivity index (χ0n) is 8.41. The van der Waals surface area contributed by atoms with Crippen molar-refractivity contribution in [2.75, 3.05) is 0 Å². The van der Waals surface area contributed by atoms with Gasteiger partial charge in [0, 0.05) is 5.39 Å². The number of pyridine rings is 1. The van der Waals surface area contributed by atoms with Gasteiger partial charge >= 0.3 is 6.18 Å². The fourth-order valence-electron chi connectivity index (χ4n) is 1.41. The van der Waals surface area contributed by atoms with Crippen LogP contribution in [0.4, 0.5) is 13.2 Å². The van der Waals surface area contributed by atoms with Crippen molar-refractivity contribution in [3.63, 3.8) is 0 Å². The Hall–Kier alpha value is -1.72. The SMILES string of the molecule is Cc1ncnc2nc(CC(F)(F)F)ccc12. The molecule has 0 radical (unpaired) electrons. The minimum absolute atomic E-state index is 0.0295. The minimum Gasteiger partial charge on any atom is -0.241 e. The molecule has 0 amide bonds. The third-order valence-corrected chi connectivity index (χ3v) is 2.14. The Morgan fingerprint density at radius 1 is 1.19 bits per heavy atom. The number of rotatable bonds is 1. The lowest BCUT2D eigenvalue weighted by atomic mass is 10.2. The molecule has 0 saturated heterocycles. The molecular weight excluding hydrogens is 219 g/mol. The zero-order chi connectivity index (χ0) is 11.8. The van der Waals surface area contributed by atoms with E-state index in [1.54, 1.807) is 13.0 Å².